The number of amides is 1. The Hall–Kier alpha value is -1.88. The van der Waals surface area contributed by atoms with Crippen LogP contribution in [0.2, 0.25) is 0 Å². The molecule has 0 unspecified atom stereocenters. The number of carbonyl (C=O) groups is 1. The van der Waals surface area contributed by atoms with Gasteiger partial charge in [-0.1, -0.05) is 6.42 Å². The molecule has 2 saturated heterocycles. The van der Waals surface area contributed by atoms with Crippen molar-refractivity contribution in [3.8, 4) is 0 Å². The number of benzene rings is 1. The molecule has 0 atom stereocenters. The molecule has 0 bridgehead atoms. The minimum absolute atomic E-state index is 0.0702. The van der Waals surface area contributed by atoms with Crippen molar-refractivity contribution in [2.75, 3.05) is 31.5 Å². The molecule has 1 N–H and O–H groups in total. The van der Waals surface area contributed by atoms with Gasteiger partial charge in [-0.2, -0.15) is 4.31 Å². The predicted octanol–water partition coefficient (Wildman–Crippen LogP) is 3.31. The number of halogens is 1. The molecule has 7 nitrogen and oxygen atoms in total. The highest BCUT2D eigenvalue weighted by molar-refractivity contribution is 7.89. The lowest BCUT2D eigenvalue weighted by Crippen LogP contribution is -2.41. The average Bonchev–Trinajstić information content (AvgIpc) is 3.21. The molecule has 0 radical (unpaired) electrons. The zero-order valence-corrected chi connectivity index (χ0v) is 18.9. The summed E-state index contributed by atoms with van der Waals surface area (Å²) in [5, 5.41) is 5.48. The molecule has 3 heterocycles. The SMILES string of the molecule is O=C(Nc1nc(CN2CCCCC2)cs1)C1CCN(S(=O)(=O)c2ccc(F)cc2)CC1. The van der Waals surface area contributed by atoms with Crippen molar-refractivity contribution in [3.05, 3.63) is 41.2 Å². The van der Waals surface area contributed by atoms with Crippen LogP contribution in [0.1, 0.15) is 37.8 Å². The highest BCUT2D eigenvalue weighted by atomic mass is 32.2. The summed E-state index contributed by atoms with van der Waals surface area (Å²) in [4.78, 5) is 19.7. The van der Waals surface area contributed by atoms with Crippen LogP contribution >= 0.6 is 11.3 Å². The van der Waals surface area contributed by atoms with Gasteiger partial charge in [-0.05, 0) is 63.0 Å². The van der Waals surface area contributed by atoms with Crippen LogP contribution in [-0.2, 0) is 21.4 Å². The van der Waals surface area contributed by atoms with Crippen molar-refractivity contribution in [2.24, 2.45) is 5.92 Å². The lowest BCUT2D eigenvalue weighted by Gasteiger charge is -2.30. The van der Waals surface area contributed by atoms with Crippen molar-refractivity contribution in [1.29, 1.82) is 0 Å². The van der Waals surface area contributed by atoms with Crippen molar-refractivity contribution < 1.29 is 17.6 Å². The van der Waals surface area contributed by atoms with Gasteiger partial charge in [0.25, 0.3) is 0 Å². The fraction of sp³-hybridized carbons (Fsp3) is 0.524. The number of hydrogen-bond acceptors (Lipinski definition) is 6. The van der Waals surface area contributed by atoms with Crippen LogP contribution in [0.5, 0.6) is 0 Å². The Morgan fingerprint density at radius 2 is 1.77 bits per heavy atom. The monoisotopic (exact) mass is 466 g/mol. The van der Waals surface area contributed by atoms with E-state index in [1.165, 1.54) is 47.0 Å². The Bertz CT molecular complexity index is 996. The summed E-state index contributed by atoms with van der Waals surface area (Å²) in [6.07, 6.45) is 4.63. The number of likely N-dealkylation sites (tertiary alicyclic amines) is 1. The molecule has 0 aliphatic carbocycles. The Morgan fingerprint density at radius 1 is 1.10 bits per heavy atom. The largest absolute Gasteiger partial charge is 0.302 e. The summed E-state index contributed by atoms with van der Waals surface area (Å²) in [6, 6.07) is 4.82. The molecular weight excluding hydrogens is 439 g/mol. The van der Waals surface area contributed by atoms with Crippen LogP contribution in [0.15, 0.2) is 34.5 Å². The third-order valence-electron chi connectivity index (χ3n) is 5.89. The van der Waals surface area contributed by atoms with Gasteiger partial charge in [-0.3, -0.25) is 9.69 Å². The number of hydrogen-bond donors (Lipinski definition) is 1. The van der Waals surface area contributed by atoms with Crippen molar-refractivity contribution in [1.82, 2.24) is 14.2 Å². The molecule has 31 heavy (non-hydrogen) atoms. The maximum Gasteiger partial charge on any atom is 0.243 e. The number of sulfonamides is 1. The number of nitrogens with zero attached hydrogens (tertiary/aromatic N) is 3. The van der Waals surface area contributed by atoms with Gasteiger partial charge in [0.15, 0.2) is 5.13 Å². The lowest BCUT2D eigenvalue weighted by molar-refractivity contribution is -0.120. The third kappa shape index (κ3) is 5.49. The second-order valence-electron chi connectivity index (χ2n) is 8.10. The van der Waals surface area contributed by atoms with Crippen molar-refractivity contribution in [2.45, 2.75) is 43.5 Å². The summed E-state index contributed by atoms with van der Waals surface area (Å²) in [7, 11) is -3.68. The first-order valence-corrected chi connectivity index (χ1v) is 13.0. The topological polar surface area (TPSA) is 82.6 Å². The van der Waals surface area contributed by atoms with Gasteiger partial charge in [-0.15, -0.1) is 11.3 Å². The van der Waals surface area contributed by atoms with Crippen LogP contribution in [0.3, 0.4) is 0 Å². The van der Waals surface area contributed by atoms with Gasteiger partial charge < -0.3 is 5.32 Å². The van der Waals surface area contributed by atoms with E-state index in [0.717, 1.165) is 37.5 Å². The number of thiazole rings is 1. The van der Waals surface area contributed by atoms with Crippen LogP contribution in [0.25, 0.3) is 0 Å². The molecule has 1 aromatic heterocycles. The van der Waals surface area contributed by atoms with Gasteiger partial charge in [0.05, 0.1) is 10.6 Å². The average molecular weight is 467 g/mol. The van der Waals surface area contributed by atoms with E-state index in [1.807, 2.05) is 5.38 Å². The van der Waals surface area contributed by atoms with Gasteiger partial charge in [0.2, 0.25) is 15.9 Å². The number of carbonyl (C=O) groups excluding carboxylic acids is 1. The standard InChI is InChI=1S/C21H27FN4O3S2/c22-17-4-6-19(7-5-17)31(28,29)26-12-8-16(9-13-26)20(27)24-21-23-18(15-30-21)14-25-10-2-1-3-11-25/h4-7,15-16H,1-3,8-14H2,(H,23,24,27). The summed E-state index contributed by atoms with van der Waals surface area (Å²) < 4.78 is 39.9. The second-order valence-corrected chi connectivity index (χ2v) is 10.9. The van der Waals surface area contributed by atoms with E-state index in [4.69, 9.17) is 0 Å². The Kier molecular flexibility index (Phi) is 7.00. The molecule has 4 rings (SSSR count). The minimum atomic E-state index is -3.68. The first-order valence-electron chi connectivity index (χ1n) is 10.7. The quantitative estimate of drug-likeness (QED) is 0.706. The molecule has 1 aromatic carbocycles. The summed E-state index contributed by atoms with van der Waals surface area (Å²) in [6.45, 7) is 3.52. The minimum Gasteiger partial charge on any atom is -0.302 e. The molecule has 1 amide bonds. The number of rotatable bonds is 6. The zero-order chi connectivity index (χ0) is 21.8. The predicted molar refractivity (Wildman–Crippen MR) is 118 cm³/mol. The first kappa shape index (κ1) is 22.3. The highest BCUT2D eigenvalue weighted by Gasteiger charge is 2.32. The summed E-state index contributed by atoms with van der Waals surface area (Å²) in [5.74, 6) is -0.845. The van der Waals surface area contributed by atoms with Crippen LogP contribution in [-0.4, -0.2) is 54.7 Å². The molecule has 2 aliphatic heterocycles. The number of aromatic nitrogens is 1. The van der Waals surface area contributed by atoms with Gasteiger partial charge in [-0.25, -0.2) is 17.8 Å². The second kappa shape index (κ2) is 9.72. The first-order chi connectivity index (χ1) is 14.9. The van der Waals surface area contributed by atoms with E-state index < -0.39 is 15.8 Å². The smallest absolute Gasteiger partial charge is 0.243 e. The van der Waals surface area contributed by atoms with Crippen molar-refractivity contribution >= 4 is 32.4 Å². The Balaban J connectivity index is 1.29. The highest BCUT2D eigenvalue weighted by Crippen LogP contribution is 2.26. The molecule has 0 spiro atoms. The van der Waals surface area contributed by atoms with Gasteiger partial charge in [0.1, 0.15) is 5.82 Å². The molecule has 10 heteroatoms. The summed E-state index contributed by atoms with van der Waals surface area (Å²) in [5.41, 5.74) is 0.974. The molecule has 2 aliphatic rings. The Labute approximate surface area is 186 Å². The number of anilines is 1. The van der Waals surface area contributed by atoms with E-state index >= 15 is 0 Å². The van der Waals surface area contributed by atoms with E-state index in [0.29, 0.717) is 18.0 Å². The van der Waals surface area contributed by atoms with Gasteiger partial charge in [0, 0.05) is 30.9 Å². The molecule has 0 saturated carbocycles. The van der Waals surface area contributed by atoms with Crippen molar-refractivity contribution in [3.63, 3.8) is 0 Å². The van der Waals surface area contributed by atoms with Crippen LogP contribution in [0.4, 0.5) is 9.52 Å². The van der Waals surface area contributed by atoms with E-state index in [-0.39, 0.29) is 29.8 Å². The molecular formula is C21H27FN4O3S2. The molecule has 2 aromatic rings. The third-order valence-corrected chi connectivity index (χ3v) is 8.61. The van der Waals surface area contributed by atoms with Gasteiger partial charge >= 0.3 is 0 Å². The maximum atomic E-state index is 13.1. The maximum absolute atomic E-state index is 13.1. The molecule has 168 valence electrons. The molecule has 2 fully saturated rings. The van der Waals surface area contributed by atoms with Crippen LogP contribution in [0, 0.1) is 11.7 Å². The van der Waals surface area contributed by atoms with E-state index in [1.54, 1.807) is 0 Å². The zero-order valence-electron chi connectivity index (χ0n) is 17.3. The fourth-order valence-electron chi connectivity index (χ4n) is 4.11. The Morgan fingerprint density at radius 3 is 2.45 bits per heavy atom. The van der Waals surface area contributed by atoms with Crippen LogP contribution < -0.4 is 5.32 Å². The normalized spacial score (nSPS) is 19.4. The number of piperidine rings is 2. The van der Waals surface area contributed by atoms with E-state index in [2.05, 4.69) is 15.2 Å². The van der Waals surface area contributed by atoms with E-state index in [9.17, 15) is 17.6 Å². The number of nitrogens with one attached hydrogen (secondary N) is 1. The fourth-order valence-corrected chi connectivity index (χ4v) is 6.28. The summed E-state index contributed by atoms with van der Waals surface area (Å²) >= 11 is 1.43. The lowest BCUT2D eigenvalue weighted by atomic mass is 9.97.